The van der Waals surface area contributed by atoms with Crippen LogP contribution in [-0.2, 0) is 22.7 Å². The maximum atomic E-state index is 13.0. The summed E-state index contributed by atoms with van der Waals surface area (Å²) in [5.41, 5.74) is 9.60. The van der Waals surface area contributed by atoms with Crippen molar-refractivity contribution >= 4 is 29.1 Å². The third-order valence-electron chi connectivity index (χ3n) is 5.58. The van der Waals surface area contributed by atoms with Crippen molar-refractivity contribution in [2.24, 2.45) is 5.73 Å². The average molecular weight is 399 g/mol. The molecule has 6 nitrogen and oxygen atoms in total. The molecule has 2 aliphatic rings. The van der Waals surface area contributed by atoms with Gasteiger partial charge >= 0.3 is 0 Å². The Balaban J connectivity index is 1.40. The van der Waals surface area contributed by atoms with Crippen LogP contribution in [-0.4, -0.2) is 35.8 Å². The van der Waals surface area contributed by atoms with Gasteiger partial charge in [0.1, 0.15) is 6.04 Å². The van der Waals surface area contributed by atoms with Gasteiger partial charge in [-0.3, -0.25) is 9.59 Å². The predicted molar refractivity (Wildman–Crippen MR) is 109 cm³/mol. The van der Waals surface area contributed by atoms with Crippen LogP contribution >= 0.6 is 11.6 Å². The molecule has 1 fully saturated rings. The Morgan fingerprint density at radius 3 is 2.79 bits per heavy atom. The molecule has 0 aliphatic carbocycles. The monoisotopic (exact) mass is 398 g/mol. The van der Waals surface area contributed by atoms with Gasteiger partial charge in [-0.05, 0) is 41.3 Å². The molecule has 2 amide bonds. The maximum absolute atomic E-state index is 13.0. The van der Waals surface area contributed by atoms with Gasteiger partial charge in [0.05, 0.1) is 5.92 Å². The van der Waals surface area contributed by atoms with E-state index in [2.05, 4.69) is 10.6 Å². The lowest BCUT2D eigenvalue weighted by molar-refractivity contribution is -0.148. The number of anilines is 1. The molecule has 2 atom stereocenters. The predicted octanol–water partition coefficient (Wildman–Crippen LogP) is 2.23. The number of nitrogens with one attached hydrogen (secondary N) is 2. The summed E-state index contributed by atoms with van der Waals surface area (Å²) in [4.78, 5) is 27.4. The first-order valence-electron chi connectivity index (χ1n) is 9.47. The number of amides is 2. The van der Waals surface area contributed by atoms with Crippen LogP contribution in [0.1, 0.15) is 29.0 Å². The summed E-state index contributed by atoms with van der Waals surface area (Å²) in [5, 5.41) is 6.81. The Hall–Kier alpha value is -2.57. The summed E-state index contributed by atoms with van der Waals surface area (Å²) in [6.07, 6.45) is 0.679. The van der Waals surface area contributed by atoms with Gasteiger partial charge in [-0.15, -0.1) is 0 Å². The Morgan fingerprint density at radius 1 is 1.21 bits per heavy atom. The van der Waals surface area contributed by atoms with Crippen molar-refractivity contribution in [1.82, 2.24) is 10.2 Å². The molecule has 2 heterocycles. The molecule has 28 heavy (non-hydrogen) atoms. The molecule has 2 aromatic rings. The van der Waals surface area contributed by atoms with Crippen molar-refractivity contribution in [2.75, 3.05) is 18.4 Å². The molecule has 2 aliphatic heterocycles. The molecule has 2 aromatic carbocycles. The summed E-state index contributed by atoms with van der Waals surface area (Å²) in [6.45, 7) is 1.91. The van der Waals surface area contributed by atoms with Crippen LogP contribution in [0.3, 0.4) is 0 Å². The number of carbonyl (C=O) groups excluding carboxylic acids is 2. The van der Waals surface area contributed by atoms with E-state index in [1.54, 1.807) is 11.0 Å². The van der Waals surface area contributed by atoms with Crippen molar-refractivity contribution in [3.8, 4) is 0 Å². The first-order chi connectivity index (χ1) is 13.6. The molecule has 0 spiro atoms. The normalized spacial score (nSPS) is 20.1. The van der Waals surface area contributed by atoms with E-state index in [0.717, 1.165) is 22.4 Å². The van der Waals surface area contributed by atoms with Gasteiger partial charge in [0.2, 0.25) is 11.8 Å². The highest BCUT2D eigenvalue weighted by Gasteiger charge is 2.42. The van der Waals surface area contributed by atoms with E-state index in [9.17, 15) is 9.59 Å². The SMILES string of the molecule is NCc1ccc(Cl)cc1CNC(=O)C1CCN1C(=O)C1CNc2ccccc21. The maximum Gasteiger partial charge on any atom is 0.243 e. The number of benzene rings is 2. The van der Waals surface area contributed by atoms with Crippen LogP contribution in [0.25, 0.3) is 0 Å². The second kappa shape index (κ2) is 7.81. The molecule has 146 valence electrons. The van der Waals surface area contributed by atoms with E-state index in [1.165, 1.54) is 0 Å². The molecule has 4 rings (SSSR count). The standard InChI is InChI=1S/C21H23ClN4O2/c22-15-6-5-13(10-23)14(9-15)11-25-20(27)19-7-8-26(19)21(28)17-12-24-18-4-2-1-3-16(17)18/h1-6,9,17,19,24H,7-8,10-12,23H2,(H,25,27). The molecular formula is C21H23ClN4O2. The summed E-state index contributed by atoms with van der Waals surface area (Å²) in [5.74, 6) is -0.361. The van der Waals surface area contributed by atoms with E-state index >= 15 is 0 Å². The zero-order valence-corrected chi connectivity index (χ0v) is 16.2. The molecule has 0 saturated carbocycles. The lowest BCUT2D eigenvalue weighted by Gasteiger charge is -2.41. The Bertz CT molecular complexity index is 917. The third-order valence-corrected chi connectivity index (χ3v) is 5.81. The van der Waals surface area contributed by atoms with Gasteiger partial charge < -0.3 is 21.3 Å². The number of likely N-dealkylation sites (tertiary alicyclic amines) is 1. The first-order valence-corrected chi connectivity index (χ1v) is 9.84. The zero-order chi connectivity index (χ0) is 19.7. The molecule has 4 N–H and O–H groups in total. The quantitative estimate of drug-likeness (QED) is 0.720. The Kier molecular flexibility index (Phi) is 5.24. The molecule has 0 bridgehead atoms. The summed E-state index contributed by atoms with van der Waals surface area (Å²) >= 11 is 6.06. The molecule has 1 saturated heterocycles. The zero-order valence-electron chi connectivity index (χ0n) is 15.5. The number of fused-ring (bicyclic) bond motifs is 1. The van der Waals surface area contributed by atoms with Crippen molar-refractivity contribution in [1.29, 1.82) is 0 Å². The van der Waals surface area contributed by atoms with Crippen molar-refractivity contribution in [3.63, 3.8) is 0 Å². The number of para-hydroxylation sites is 1. The van der Waals surface area contributed by atoms with E-state index in [4.69, 9.17) is 17.3 Å². The highest BCUT2D eigenvalue weighted by molar-refractivity contribution is 6.30. The van der Waals surface area contributed by atoms with Gasteiger partial charge in [0.25, 0.3) is 0 Å². The molecule has 2 unspecified atom stereocenters. The lowest BCUT2D eigenvalue weighted by Crippen LogP contribution is -2.59. The van der Waals surface area contributed by atoms with Crippen LogP contribution in [0.2, 0.25) is 5.02 Å². The second-order valence-corrected chi connectivity index (χ2v) is 7.63. The minimum Gasteiger partial charge on any atom is -0.384 e. The van der Waals surface area contributed by atoms with Gasteiger partial charge in [-0.2, -0.15) is 0 Å². The van der Waals surface area contributed by atoms with Crippen LogP contribution < -0.4 is 16.4 Å². The van der Waals surface area contributed by atoms with Crippen LogP contribution in [0, 0.1) is 0 Å². The van der Waals surface area contributed by atoms with Gasteiger partial charge in [-0.25, -0.2) is 0 Å². The number of rotatable bonds is 5. The van der Waals surface area contributed by atoms with Gasteiger partial charge in [0, 0.05) is 36.9 Å². The smallest absolute Gasteiger partial charge is 0.243 e. The third kappa shape index (κ3) is 3.45. The van der Waals surface area contributed by atoms with E-state index in [0.29, 0.717) is 37.6 Å². The van der Waals surface area contributed by atoms with E-state index in [-0.39, 0.29) is 17.7 Å². The Morgan fingerprint density at radius 2 is 2.04 bits per heavy atom. The largest absolute Gasteiger partial charge is 0.384 e. The van der Waals surface area contributed by atoms with Gasteiger partial charge in [-0.1, -0.05) is 35.9 Å². The molecule has 0 aromatic heterocycles. The van der Waals surface area contributed by atoms with E-state index in [1.807, 2.05) is 36.4 Å². The Labute approximate surface area is 169 Å². The highest BCUT2D eigenvalue weighted by Crippen LogP contribution is 2.34. The lowest BCUT2D eigenvalue weighted by atomic mass is 9.94. The minimum absolute atomic E-state index is 0.00857. The molecule has 7 heteroatoms. The number of hydrogen-bond donors (Lipinski definition) is 3. The summed E-state index contributed by atoms with van der Waals surface area (Å²) in [6, 6.07) is 12.9. The number of hydrogen-bond acceptors (Lipinski definition) is 4. The fourth-order valence-electron chi connectivity index (χ4n) is 3.89. The fourth-order valence-corrected chi connectivity index (χ4v) is 4.08. The molecule has 0 radical (unpaired) electrons. The summed E-state index contributed by atoms with van der Waals surface area (Å²) in [7, 11) is 0. The number of nitrogens with two attached hydrogens (primary N) is 1. The highest BCUT2D eigenvalue weighted by atomic mass is 35.5. The van der Waals surface area contributed by atoms with Crippen molar-refractivity contribution < 1.29 is 9.59 Å². The fraction of sp³-hybridized carbons (Fsp3) is 0.333. The molecular weight excluding hydrogens is 376 g/mol. The number of carbonyl (C=O) groups is 2. The van der Waals surface area contributed by atoms with Crippen molar-refractivity contribution in [3.05, 3.63) is 64.2 Å². The van der Waals surface area contributed by atoms with Gasteiger partial charge in [0.15, 0.2) is 0 Å². The summed E-state index contributed by atoms with van der Waals surface area (Å²) < 4.78 is 0. The average Bonchev–Trinajstić information content (AvgIpc) is 3.10. The van der Waals surface area contributed by atoms with Crippen molar-refractivity contribution in [2.45, 2.75) is 31.5 Å². The van der Waals surface area contributed by atoms with Crippen LogP contribution in [0.15, 0.2) is 42.5 Å². The minimum atomic E-state index is -0.416. The number of nitrogens with zero attached hydrogens (tertiary/aromatic N) is 1. The second-order valence-electron chi connectivity index (χ2n) is 7.19. The van der Waals surface area contributed by atoms with Crippen LogP contribution in [0.5, 0.6) is 0 Å². The first kappa shape index (κ1) is 18.8. The van der Waals surface area contributed by atoms with E-state index < -0.39 is 6.04 Å². The topological polar surface area (TPSA) is 87.5 Å². The van der Waals surface area contributed by atoms with Crippen LogP contribution in [0.4, 0.5) is 5.69 Å². The number of halogens is 1.